The van der Waals surface area contributed by atoms with Gasteiger partial charge in [0.25, 0.3) is 0 Å². The third-order valence-electron chi connectivity index (χ3n) is 1.53. The van der Waals surface area contributed by atoms with Gasteiger partial charge in [-0.2, -0.15) is 0 Å². The van der Waals surface area contributed by atoms with E-state index in [0.29, 0.717) is 0 Å². The first-order valence-corrected chi connectivity index (χ1v) is 4.58. The molecule has 0 heterocycles. The molecule has 0 fully saturated rings. The summed E-state index contributed by atoms with van der Waals surface area (Å²) in [5, 5.41) is 8.60. The van der Waals surface area contributed by atoms with Crippen LogP contribution in [0, 0.1) is 6.92 Å². The van der Waals surface area contributed by atoms with Crippen molar-refractivity contribution in [3.63, 3.8) is 0 Å². The molecule has 0 aromatic heterocycles. The zero-order valence-electron chi connectivity index (χ0n) is 7.52. The van der Waals surface area contributed by atoms with Gasteiger partial charge in [0.05, 0.1) is 0 Å². The number of benzene rings is 1. The lowest BCUT2D eigenvalue weighted by molar-refractivity contribution is 0.181. The Morgan fingerprint density at radius 1 is 1.38 bits per heavy atom. The topological polar surface area (TPSA) is 40.5 Å². The van der Waals surface area contributed by atoms with Crippen molar-refractivity contribution in [2.24, 2.45) is 0 Å². The largest absolute Gasteiger partial charge is 0.464 e. The van der Waals surface area contributed by atoms with E-state index in [1.54, 1.807) is 0 Å². The highest BCUT2D eigenvalue weighted by Crippen LogP contribution is 2.20. The molecule has 0 aliphatic rings. The Kier molecular flexibility index (Phi) is 3.19. The maximum absolute atomic E-state index is 10.5. The normalized spacial score (nSPS) is 9.69. The molecule has 3 nitrogen and oxygen atoms in total. The van der Waals surface area contributed by atoms with Crippen molar-refractivity contribution in [1.82, 2.24) is 4.31 Å². The van der Waals surface area contributed by atoms with Crippen molar-refractivity contribution in [3.05, 3.63) is 29.8 Å². The summed E-state index contributed by atoms with van der Waals surface area (Å²) in [6, 6.07) is 7.72. The van der Waals surface area contributed by atoms with Gasteiger partial charge in [0.2, 0.25) is 0 Å². The molecular weight excluding hydrogens is 186 g/mol. The molecule has 0 unspecified atom stereocenters. The van der Waals surface area contributed by atoms with Crippen molar-refractivity contribution in [2.75, 3.05) is 7.05 Å². The summed E-state index contributed by atoms with van der Waals surface area (Å²) < 4.78 is 1.17. The molecule has 0 spiro atoms. The number of rotatable bonds is 2. The van der Waals surface area contributed by atoms with Crippen LogP contribution in [0.1, 0.15) is 5.56 Å². The van der Waals surface area contributed by atoms with E-state index in [0.717, 1.165) is 4.90 Å². The summed E-state index contributed by atoms with van der Waals surface area (Å²) in [7, 11) is 1.52. The lowest BCUT2D eigenvalue weighted by Gasteiger charge is -2.10. The highest BCUT2D eigenvalue weighted by atomic mass is 32.2. The van der Waals surface area contributed by atoms with Gasteiger partial charge in [-0.3, -0.25) is 4.31 Å². The van der Waals surface area contributed by atoms with Crippen LogP contribution in [0.5, 0.6) is 0 Å². The van der Waals surface area contributed by atoms with E-state index in [9.17, 15) is 4.79 Å². The van der Waals surface area contributed by atoms with Gasteiger partial charge >= 0.3 is 6.09 Å². The van der Waals surface area contributed by atoms with Crippen LogP contribution in [0.2, 0.25) is 0 Å². The maximum atomic E-state index is 10.5. The van der Waals surface area contributed by atoms with Crippen molar-refractivity contribution in [1.29, 1.82) is 0 Å². The van der Waals surface area contributed by atoms with E-state index >= 15 is 0 Å². The lowest BCUT2D eigenvalue weighted by Crippen LogP contribution is -2.15. The average molecular weight is 197 g/mol. The molecule has 1 N–H and O–H groups in total. The fourth-order valence-corrected chi connectivity index (χ4v) is 1.45. The van der Waals surface area contributed by atoms with Gasteiger partial charge in [0.1, 0.15) is 0 Å². The average Bonchev–Trinajstić information content (AvgIpc) is 2.08. The maximum Gasteiger partial charge on any atom is 0.417 e. The molecular formula is C9H11NO2S. The number of carbonyl (C=O) groups is 1. The molecule has 1 aromatic carbocycles. The van der Waals surface area contributed by atoms with Gasteiger partial charge in [-0.15, -0.1) is 0 Å². The first-order chi connectivity index (χ1) is 6.09. The highest BCUT2D eigenvalue weighted by molar-refractivity contribution is 7.97. The number of hydrogen-bond donors (Lipinski definition) is 1. The Labute approximate surface area is 81.5 Å². The Morgan fingerprint density at radius 2 is 1.92 bits per heavy atom. The fourth-order valence-electron chi connectivity index (χ4n) is 0.796. The van der Waals surface area contributed by atoms with Crippen LogP contribution in [0.15, 0.2) is 29.2 Å². The molecule has 13 heavy (non-hydrogen) atoms. The smallest absolute Gasteiger partial charge is 0.417 e. The predicted molar refractivity (Wildman–Crippen MR) is 52.8 cm³/mol. The van der Waals surface area contributed by atoms with E-state index < -0.39 is 6.09 Å². The third-order valence-corrected chi connectivity index (χ3v) is 2.45. The summed E-state index contributed by atoms with van der Waals surface area (Å²) in [6.45, 7) is 2.00. The fraction of sp³-hybridized carbons (Fsp3) is 0.222. The molecule has 1 amide bonds. The molecule has 1 rings (SSSR count). The van der Waals surface area contributed by atoms with Crippen molar-refractivity contribution in [3.8, 4) is 0 Å². The molecule has 0 saturated heterocycles. The molecule has 0 aliphatic heterocycles. The van der Waals surface area contributed by atoms with Crippen LogP contribution < -0.4 is 0 Å². The minimum atomic E-state index is -0.939. The zero-order chi connectivity index (χ0) is 9.84. The van der Waals surface area contributed by atoms with Gasteiger partial charge in [-0.25, -0.2) is 4.79 Å². The molecule has 0 radical (unpaired) electrons. The summed E-state index contributed by atoms with van der Waals surface area (Å²) in [5.41, 5.74) is 1.17. The standard InChI is InChI=1S/C9H11NO2S/c1-7-3-5-8(6-4-7)13-10(2)9(11)12/h3-6H,1-2H3,(H,11,12). The number of amides is 1. The summed E-state index contributed by atoms with van der Waals surface area (Å²) in [4.78, 5) is 11.4. The predicted octanol–water partition coefficient (Wildman–Crippen LogP) is 2.61. The van der Waals surface area contributed by atoms with Crippen LogP contribution in [0.25, 0.3) is 0 Å². The summed E-state index contributed by atoms with van der Waals surface area (Å²) in [5.74, 6) is 0. The van der Waals surface area contributed by atoms with Crippen molar-refractivity contribution in [2.45, 2.75) is 11.8 Å². The van der Waals surface area contributed by atoms with Gasteiger partial charge in [-0.1, -0.05) is 17.7 Å². The van der Waals surface area contributed by atoms with Crippen LogP contribution in [-0.2, 0) is 0 Å². The van der Waals surface area contributed by atoms with Crippen molar-refractivity contribution >= 4 is 18.0 Å². The summed E-state index contributed by atoms with van der Waals surface area (Å²) in [6.07, 6.45) is -0.939. The number of carboxylic acid groups (broad SMARTS) is 1. The van der Waals surface area contributed by atoms with Crippen LogP contribution in [0.3, 0.4) is 0 Å². The number of nitrogens with zero attached hydrogens (tertiary/aromatic N) is 1. The monoisotopic (exact) mass is 197 g/mol. The Bertz CT molecular complexity index is 297. The summed E-state index contributed by atoms with van der Waals surface area (Å²) >= 11 is 1.19. The molecule has 1 aromatic rings. The zero-order valence-corrected chi connectivity index (χ0v) is 8.34. The second-order valence-electron chi connectivity index (χ2n) is 2.68. The molecule has 4 heteroatoms. The van der Waals surface area contributed by atoms with Crippen LogP contribution in [0.4, 0.5) is 4.79 Å². The van der Waals surface area contributed by atoms with Crippen LogP contribution in [-0.4, -0.2) is 22.6 Å². The third kappa shape index (κ3) is 2.99. The molecule has 0 bridgehead atoms. The van der Waals surface area contributed by atoms with E-state index in [1.165, 1.54) is 28.9 Å². The van der Waals surface area contributed by atoms with Gasteiger partial charge < -0.3 is 5.11 Å². The van der Waals surface area contributed by atoms with Crippen LogP contribution >= 0.6 is 11.9 Å². The minimum Gasteiger partial charge on any atom is -0.464 e. The second-order valence-corrected chi connectivity index (χ2v) is 3.89. The van der Waals surface area contributed by atoms with Crippen molar-refractivity contribution < 1.29 is 9.90 Å². The SMILES string of the molecule is Cc1ccc(SN(C)C(=O)O)cc1. The first kappa shape index (κ1) is 9.92. The molecule has 0 atom stereocenters. The molecule has 0 aliphatic carbocycles. The highest BCUT2D eigenvalue weighted by Gasteiger charge is 2.06. The van der Waals surface area contributed by atoms with E-state index in [1.807, 2.05) is 31.2 Å². The quantitative estimate of drug-likeness (QED) is 0.741. The second kappa shape index (κ2) is 4.18. The van der Waals surface area contributed by atoms with Gasteiger partial charge in [0.15, 0.2) is 0 Å². The van der Waals surface area contributed by atoms with E-state index in [2.05, 4.69) is 0 Å². The molecule has 70 valence electrons. The number of aryl methyl sites for hydroxylation is 1. The van der Waals surface area contributed by atoms with Gasteiger partial charge in [0, 0.05) is 11.9 Å². The lowest BCUT2D eigenvalue weighted by atomic mass is 10.2. The van der Waals surface area contributed by atoms with E-state index in [4.69, 9.17) is 5.11 Å². The Morgan fingerprint density at radius 3 is 2.38 bits per heavy atom. The number of hydrogen-bond acceptors (Lipinski definition) is 2. The Balaban J connectivity index is 2.64. The van der Waals surface area contributed by atoms with E-state index in [-0.39, 0.29) is 0 Å². The van der Waals surface area contributed by atoms with Gasteiger partial charge in [-0.05, 0) is 31.0 Å². The Hall–Kier alpha value is -1.16. The molecule has 0 saturated carbocycles. The minimum absolute atomic E-state index is 0.926. The first-order valence-electron chi connectivity index (χ1n) is 3.81.